The maximum absolute atomic E-state index is 11.8. The van der Waals surface area contributed by atoms with E-state index in [0.29, 0.717) is 13.0 Å². The monoisotopic (exact) mass is 467 g/mol. The number of nitrogens with one attached hydrogen (secondary N) is 1. The number of benzene rings is 1. The summed E-state index contributed by atoms with van der Waals surface area (Å²) in [6.45, 7) is 0.600. The van der Waals surface area contributed by atoms with Gasteiger partial charge in [-0.3, -0.25) is 9.59 Å². The van der Waals surface area contributed by atoms with Gasteiger partial charge in [-0.1, -0.05) is 36.8 Å². The Morgan fingerprint density at radius 2 is 1.65 bits per heavy atom. The summed E-state index contributed by atoms with van der Waals surface area (Å²) in [5, 5.41) is 2.78. The van der Waals surface area contributed by atoms with Gasteiger partial charge in [0.2, 0.25) is 2.14 Å². The van der Waals surface area contributed by atoms with Crippen molar-refractivity contribution in [3.05, 3.63) is 35.9 Å². The van der Waals surface area contributed by atoms with Crippen LogP contribution in [0.25, 0.3) is 0 Å². The van der Waals surface area contributed by atoms with Crippen LogP contribution in [-0.4, -0.2) is 20.4 Å². The van der Waals surface area contributed by atoms with Gasteiger partial charge in [0.15, 0.2) is 5.78 Å². The van der Waals surface area contributed by atoms with Crippen LogP contribution in [0, 0.1) is 0 Å². The summed E-state index contributed by atoms with van der Waals surface area (Å²) in [4.78, 5) is 23.3. The van der Waals surface area contributed by atoms with Crippen molar-refractivity contribution in [1.29, 1.82) is 0 Å². The maximum Gasteiger partial charge on any atom is 0.258 e. The number of hydrogen-bond donors (Lipinski definition) is 1. The third kappa shape index (κ3) is 6.99. The van der Waals surface area contributed by atoms with Crippen molar-refractivity contribution >= 4 is 59.5 Å². The molecule has 20 heavy (non-hydrogen) atoms. The standard InChI is InChI=1S/C14H16Br3NO2/c15-14(16,17)13(20)18-10-6-2-5-9-12(19)11-7-3-1-4-8-11/h1,3-4,7-8H,2,5-6,9-10H2,(H,18,20). The average molecular weight is 470 g/mol. The third-order valence-corrected chi connectivity index (χ3v) is 3.80. The van der Waals surface area contributed by atoms with E-state index in [9.17, 15) is 9.59 Å². The molecule has 1 rings (SSSR count). The van der Waals surface area contributed by atoms with Gasteiger partial charge in [0.1, 0.15) is 0 Å². The molecule has 110 valence electrons. The number of ketones is 1. The number of unbranched alkanes of at least 4 members (excludes halogenated alkanes) is 2. The van der Waals surface area contributed by atoms with E-state index in [1.807, 2.05) is 30.3 Å². The zero-order chi connectivity index (χ0) is 15.0. The second-order valence-corrected chi connectivity index (χ2v) is 11.1. The minimum absolute atomic E-state index is 0.169. The summed E-state index contributed by atoms with van der Waals surface area (Å²) in [5.74, 6) is 0.00730. The fourth-order valence-corrected chi connectivity index (χ4v) is 2.08. The molecule has 0 bridgehead atoms. The topological polar surface area (TPSA) is 46.2 Å². The molecular weight excluding hydrogens is 454 g/mol. The van der Waals surface area contributed by atoms with Gasteiger partial charge >= 0.3 is 0 Å². The molecule has 0 radical (unpaired) electrons. The van der Waals surface area contributed by atoms with Crippen molar-refractivity contribution in [2.24, 2.45) is 0 Å². The first-order chi connectivity index (χ1) is 9.41. The largest absolute Gasteiger partial charge is 0.353 e. The zero-order valence-corrected chi connectivity index (χ0v) is 15.6. The highest BCUT2D eigenvalue weighted by Crippen LogP contribution is 2.33. The van der Waals surface area contributed by atoms with E-state index in [1.54, 1.807) is 0 Å². The number of alkyl halides is 3. The van der Waals surface area contributed by atoms with Gasteiger partial charge in [0.25, 0.3) is 5.91 Å². The Balaban J connectivity index is 2.11. The number of amides is 1. The SMILES string of the molecule is O=C(CCCCCNC(=O)C(Br)(Br)Br)c1ccccc1. The van der Waals surface area contributed by atoms with E-state index in [-0.39, 0.29) is 11.7 Å². The van der Waals surface area contributed by atoms with E-state index in [1.165, 1.54) is 0 Å². The first-order valence-electron chi connectivity index (χ1n) is 6.34. The van der Waals surface area contributed by atoms with Crippen LogP contribution in [0.4, 0.5) is 0 Å². The van der Waals surface area contributed by atoms with Gasteiger partial charge in [0, 0.05) is 18.5 Å². The lowest BCUT2D eigenvalue weighted by Gasteiger charge is -2.12. The molecule has 0 saturated carbocycles. The molecule has 0 spiro atoms. The Kier molecular flexibility index (Phi) is 7.99. The molecule has 0 aromatic heterocycles. The van der Waals surface area contributed by atoms with Crippen LogP contribution in [0.3, 0.4) is 0 Å². The Bertz CT molecular complexity index is 443. The molecule has 1 aromatic rings. The minimum atomic E-state index is -0.893. The zero-order valence-electron chi connectivity index (χ0n) is 10.9. The van der Waals surface area contributed by atoms with Crippen molar-refractivity contribution in [3.63, 3.8) is 0 Å². The van der Waals surface area contributed by atoms with Gasteiger partial charge in [-0.2, -0.15) is 0 Å². The van der Waals surface area contributed by atoms with Crippen molar-refractivity contribution in [3.8, 4) is 0 Å². The number of rotatable bonds is 7. The summed E-state index contributed by atoms with van der Waals surface area (Å²) in [5.41, 5.74) is 0.767. The summed E-state index contributed by atoms with van der Waals surface area (Å²) < 4.78 is -0.893. The van der Waals surface area contributed by atoms with E-state index < -0.39 is 2.14 Å². The van der Waals surface area contributed by atoms with Crippen molar-refractivity contribution in [2.75, 3.05) is 6.54 Å². The number of halogens is 3. The van der Waals surface area contributed by atoms with Crippen molar-refractivity contribution in [2.45, 2.75) is 27.8 Å². The predicted octanol–water partition coefficient (Wildman–Crippen LogP) is 4.38. The summed E-state index contributed by atoms with van der Waals surface area (Å²) in [6.07, 6.45) is 3.17. The quantitative estimate of drug-likeness (QED) is 0.366. The molecule has 0 saturated heterocycles. The normalized spacial score (nSPS) is 11.2. The van der Waals surface area contributed by atoms with Gasteiger partial charge in [0.05, 0.1) is 0 Å². The summed E-state index contributed by atoms with van der Waals surface area (Å²) in [6, 6.07) is 9.32. The van der Waals surface area contributed by atoms with Crippen LogP contribution in [0.15, 0.2) is 30.3 Å². The van der Waals surface area contributed by atoms with Crippen LogP contribution >= 0.6 is 47.8 Å². The molecule has 0 atom stereocenters. The van der Waals surface area contributed by atoms with E-state index in [2.05, 4.69) is 53.1 Å². The smallest absolute Gasteiger partial charge is 0.258 e. The van der Waals surface area contributed by atoms with Crippen LogP contribution in [0.5, 0.6) is 0 Å². The molecule has 6 heteroatoms. The lowest BCUT2D eigenvalue weighted by Crippen LogP contribution is -2.34. The Labute approximate surface area is 144 Å². The number of carbonyl (C=O) groups is 2. The fraction of sp³-hybridized carbons (Fsp3) is 0.429. The highest BCUT2D eigenvalue weighted by Gasteiger charge is 2.27. The molecular formula is C14H16Br3NO2. The molecule has 0 heterocycles. The average Bonchev–Trinajstić information content (AvgIpc) is 2.42. The van der Waals surface area contributed by atoms with Gasteiger partial charge in [-0.25, -0.2) is 0 Å². The third-order valence-electron chi connectivity index (χ3n) is 2.72. The molecule has 0 unspecified atom stereocenters. The van der Waals surface area contributed by atoms with Crippen LogP contribution in [0.2, 0.25) is 0 Å². The number of carbonyl (C=O) groups excluding carboxylic acids is 2. The van der Waals surface area contributed by atoms with Gasteiger partial charge in [-0.15, -0.1) is 0 Å². The molecule has 0 fully saturated rings. The van der Waals surface area contributed by atoms with Gasteiger partial charge in [-0.05, 0) is 60.6 Å². The number of Topliss-reactive ketones (excluding diaryl/α,β-unsaturated/α-hetero) is 1. The maximum atomic E-state index is 11.8. The molecule has 3 nitrogen and oxygen atoms in total. The Hall–Kier alpha value is -0.200. The molecule has 1 amide bonds. The molecule has 0 aliphatic heterocycles. The first-order valence-corrected chi connectivity index (χ1v) is 8.72. The van der Waals surface area contributed by atoms with E-state index in [4.69, 9.17) is 0 Å². The molecule has 1 N–H and O–H groups in total. The van der Waals surface area contributed by atoms with Crippen molar-refractivity contribution < 1.29 is 9.59 Å². The minimum Gasteiger partial charge on any atom is -0.353 e. The highest BCUT2D eigenvalue weighted by atomic mass is 80.0. The Morgan fingerprint density at radius 1 is 1.00 bits per heavy atom. The van der Waals surface area contributed by atoms with E-state index >= 15 is 0 Å². The summed E-state index contributed by atoms with van der Waals surface area (Å²) >= 11 is 9.45. The lowest BCUT2D eigenvalue weighted by atomic mass is 10.0. The lowest BCUT2D eigenvalue weighted by molar-refractivity contribution is -0.119. The summed E-state index contributed by atoms with van der Waals surface area (Å²) in [7, 11) is 0. The van der Waals surface area contributed by atoms with Crippen LogP contribution in [-0.2, 0) is 4.79 Å². The highest BCUT2D eigenvalue weighted by molar-refractivity contribution is 9.40. The van der Waals surface area contributed by atoms with Crippen LogP contribution < -0.4 is 5.32 Å². The van der Waals surface area contributed by atoms with E-state index in [0.717, 1.165) is 24.8 Å². The fourth-order valence-electron chi connectivity index (χ4n) is 1.66. The molecule has 0 aliphatic rings. The molecule has 0 aliphatic carbocycles. The van der Waals surface area contributed by atoms with Crippen molar-refractivity contribution in [1.82, 2.24) is 5.32 Å². The molecule has 1 aromatic carbocycles. The second kappa shape index (κ2) is 8.95. The number of hydrogen-bond acceptors (Lipinski definition) is 2. The van der Waals surface area contributed by atoms with Crippen LogP contribution in [0.1, 0.15) is 36.0 Å². The first kappa shape index (κ1) is 17.9. The second-order valence-electron chi connectivity index (χ2n) is 4.35. The van der Waals surface area contributed by atoms with Gasteiger partial charge < -0.3 is 5.32 Å². The predicted molar refractivity (Wildman–Crippen MR) is 91.8 cm³/mol. The Morgan fingerprint density at radius 3 is 2.25 bits per heavy atom.